The summed E-state index contributed by atoms with van der Waals surface area (Å²) in [6, 6.07) is 4.35. The highest BCUT2D eigenvalue weighted by molar-refractivity contribution is 5.94. The first kappa shape index (κ1) is 16.9. The van der Waals surface area contributed by atoms with Crippen LogP contribution in [0.1, 0.15) is 22.8 Å². The van der Waals surface area contributed by atoms with Crippen molar-refractivity contribution in [2.24, 2.45) is 0 Å². The lowest BCUT2D eigenvalue weighted by Gasteiger charge is -2.33. The van der Waals surface area contributed by atoms with Crippen LogP contribution in [0.15, 0.2) is 18.2 Å². The fourth-order valence-electron chi connectivity index (χ4n) is 2.40. The third-order valence-corrected chi connectivity index (χ3v) is 3.73. The van der Waals surface area contributed by atoms with Gasteiger partial charge in [-0.25, -0.2) is 4.39 Å². The van der Waals surface area contributed by atoms with Crippen LogP contribution in [0.2, 0.25) is 0 Å². The van der Waals surface area contributed by atoms with Crippen LogP contribution < -0.4 is 5.32 Å². The van der Waals surface area contributed by atoms with E-state index in [1.807, 2.05) is 0 Å². The van der Waals surface area contributed by atoms with Crippen LogP contribution in [-0.4, -0.2) is 60.9 Å². The number of hydrogen-bond donors (Lipinski definition) is 2. The van der Waals surface area contributed by atoms with Gasteiger partial charge in [0.25, 0.3) is 5.91 Å². The lowest BCUT2D eigenvalue weighted by Crippen LogP contribution is -2.51. The van der Waals surface area contributed by atoms with E-state index in [9.17, 15) is 14.3 Å². The Labute approximate surface area is 130 Å². The summed E-state index contributed by atoms with van der Waals surface area (Å²) in [5, 5.41) is 13.1. The highest BCUT2D eigenvalue weighted by Crippen LogP contribution is 2.11. The molecule has 1 fully saturated rings. The largest absolute Gasteiger partial charge is 0.387 e. The second kappa shape index (κ2) is 7.17. The number of β-amino-alcohol motifs (C(OH)–C–C–N with tert-alkyl or cyclic N) is 1. The standard InChI is InChI=1S/C16H23FN2O3/c1-12-3-4-13(9-14(12)17)15(20)18-10-16(2,21)11-19-5-7-22-8-6-19/h3-4,9,21H,5-8,10-11H2,1-2H3,(H,18,20). The molecule has 1 unspecified atom stereocenters. The molecule has 1 aliphatic rings. The lowest BCUT2D eigenvalue weighted by molar-refractivity contribution is -0.0213. The normalized spacial score (nSPS) is 18.7. The summed E-state index contributed by atoms with van der Waals surface area (Å²) in [6.07, 6.45) is 0. The van der Waals surface area contributed by atoms with Crippen LogP contribution in [-0.2, 0) is 4.74 Å². The fraction of sp³-hybridized carbons (Fsp3) is 0.562. The molecule has 1 atom stereocenters. The van der Waals surface area contributed by atoms with Gasteiger partial charge in [0.05, 0.1) is 18.8 Å². The van der Waals surface area contributed by atoms with Gasteiger partial charge in [-0.15, -0.1) is 0 Å². The van der Waals surface area contributed by atoms with Crippen LogP contribution in [0.25, 0.3) is 0 Å². The van der Waals surface area contributed by atoms with Crippen molar-refractivity contribution in [3.05, 3.63) is 35.1 Å². The molecule has 6 heteroatoms. The zero-order valence-corrected chi connectivity index (χ0v) is 13.1. The van der Waals surface area contributed by atoms with Crippen molar-refractivity contribution < 1.29 is 19.0 Å². The van der Waals surface area contributed by atoms with E-state index in [4.69, 9.17) is 4.74 Å². The Morgan fingerprint density at radius 2 is 2.14 bits per heavy atom. The maximum absolute atomic E-state index is 13.5. The highest BCUT2D eigenvalue weighted by atomic mass is 19.1. The Kier molecular flexibility index (Phi) is 5.50. The Morgan fingerprint density at radius 3 is 2.77 bits per heavy atom. The molecular formula is C16H23FN2O3. The molecule has 1 amide bonds. The summed E-state index contributed by atoms with van der Waals surface area (Å²) in [5.74, 6) is -0.797. The van der Waals surface area contributed by atoms with E-state index in [1.165, 1.54) is 6.07 Å². The molecule has 1 aliphatic heterocycles. The average molecular weight is 310 g/mol. The predicted octanol–water partition coefficient (Wildman–Crippen LogP) is 0.947. The molecule has 0 spiro atoms. The highest BCUT2D eigenvalue weighted by Gasteiger charge is 2.26. The van der Waals surface area contributed by atoms with E-state index in [2.05, 4.69) is 10.2 Å². The first-order valence-corrected chi connectivity index (χ1v) is 7.44. The molecule has 0 saturated carbocycles. The molecule has 1 aromatic rings. The quantitative estimate of drug-likeness (QED) is 0.850. The maximum atomic E-state index is 13.5. The van der Waals surface area contributed by atoms with Gasteiger partial charge >= 0.3 is 0 Å². The number of amides is 1. The number of benzene rings is 1. The predicted molar refractivity (Wildman–Crippen MR) is 81.4 cm³/mol. The van der Waals surface area contributed by atoms with Gasteiger partial charge in [-0.1, -0.05) is 6.07 Å². The van der Waals surface area contributed by atoms with E-state index in [0.717, 1.165) is 13.1 Å². The smallest absolute Gasteiger partial charge is 0.251 e. The molecule has 0 radical (unpaired) electrons. The summed E-state index contributed by atoms with van der Waals surface area (Å²) in [5.41, 5.74) is -0.294. The van der Waals surface area contributed by atoms with E-state index in [0.29, 0.717) is 25.3 Å². The van der Waals surface area contributed by atoms with Gasteiger partial charge < -0.3 is 15.2 Å². The SMILES string of the molecule is Cc1ccc(C(=O)NCC(C)(O)CN2CCOCC2)cc1F. The number of carbonyl (C=O) groups excluding carboxylic acids is 1. The summed E-state index contributed by atoms with van der Waals surface area (Å²) in [7, 11) is 0. The number of nitrogens with zero attached hydrogens (tertiary/aromatic N) is 1. The number of ether oxygens (including phenoxy) is 1. The molecule has 2 rings (SSSR count). The molecule has 22 heavy (non-hydrogen) atoms. The number of aryl methyl sites for hydroxylation is 1. The monoisotopic (exact) mass is 310 g/mol. The van der Waals surface area contributed by atoms with Crippen molar-refractivity contribution in [2.75, 3.05) is 39.4 Å². The minimum atomic E-state index is -1.05. The third kappa shape index (κ3) is 4.76. The molecule has 2 N–H and O–H groups in total. The number of nitrogens with one attached hydrogen (secondary N) is 1. The first-order valence-electron chi connectivity index (χ1n) is 7.44. The van der Waals surface area contributed by atoms with Crippen molar-refractivity contribution in [1.29, 1.82) is 0 Å². The number of morpholine rings is 1. The van der Waals surface area contributed by atoms with Crippen molar-refractivity contribution in [1.82, 2.24) is 10.2 Å². The zero-order valence-electron chi connectivity index (χ0n) is 13.1. The van der Waals surface area contributed by atoms with Gasteiger partial charge in [0.15, 0.2) is 0 Å². The van der Waals surface area contributed by atoms with Gasteiger partial charge in [0.1, 0.15) is 5.82 Å². The second-order valence-electron chi connectivity index (χ2n) is 6.03. The molecule has 0 bridgehead atoms. The molecule has 0 aromatic heterocycles. The molecular weight excluding hydrogens is 287 g/mol. The van der Waals surface area contributed by atoms with Crippen molar-refractivity contribution in [3.63, 3.8) is 0 Å². The fourth-order valence-corrected chi connectivity index (χ4v) is 2.40. The molecule has 122 valence electrons. The van der Waals surface area contributed by atoms with Crippen LogP contribution in [0.5, 0.6) is 0 Å². The molecule has 5 nitrogen and oxygen atoms in total. The van der Waals surface area contributed by atoms with Crippen molar-refractivity contribution in [2.45, 2.75) is 19.4 Å². The maximum Gasteiger partial charge on any atom is 0.251 e. The molecule has 1 aromatic carbocycles. The van der Waals surface area contributed by atoms with Gasteiger partial charge in [-0.05, 0) is 31.5 Å². The number of hydrogen-bond acceptors (Lipinski definition) is 4. The van der Waals surface area contributed by atoms with Gasteiger partial charge in [0, 0.05) is 31.7 Å². The van der Waals surface area contributed by atoms with Crippen LogP contribution in [0.4, 0.5) is 4.39 Å². The van der Waals surface area contributed by atoms with Crippen LogP contribution in [0, 0.1) is 12.7 Å². The Morgan fingerprint density at radius 1 is 1.45 bits per heavy atom. The molecule has 1 heterocycles. The number of halogens is 1. The van der Waals surface area contributed by atoms with Gasteiger partial charge in [-0.3, -0.25) is 9.69 Å². The van der Waals surface area contributed by atoms with Crippen molar-refractivity contribution >= 4 is 5.91 Å². The third-order valence-electron chi connectivity index (χ3n) is 3.73. The summed E-state index contributed by atoms with van der Waals surface area (Å²) >= 11 is 0. The second-order valence-corrected chi connectivity index (χ2v) is 6.03. The lowest BCUT2D eigenvalue weighted by atomic mass is 10.1. The summed E-state index contributed by atoms with van der Waals surface area (Å²) in [6.45, 7) is 6.75. The average Bonchev–Trinajstić information content (AvgIpc) is 2.48. The minimum absolute atomic E-state index is 0.110. The van der Waals surface area contributed by atoms with E-state index >= 15 is 0 Å². The van der Waals surface area contributed by atoms with Crippen molar-refractivity contribution in [3.8, 4) is 0 Å². The Balaban J connectivity index is 1.87. The summed E-state index contributed by atoms with van der Waals surface area (Å²) < 4.78 is 18.7. The Hall–Kier alpha value is -1.50. The van der Waals surface area contributed by atoms with Crippen LogP contribution >= 0.6 is 0 Å². The van der Waals surface area contributed by atoms with E-state index in [-0.39, 0.29) is 18.0 Å². The molecule has 1 saturated heterocycles. The minimum Gasteiger partial charge on any atom is -0.387 e. The van der Waals surface area contributed by atoms with Gasteiger partial charge in [-0.2, -0.15) is 0 Å². The number of carbonyl (C=O) groups is 1. The van der Waals surface area contributed by atoms with E-state index < -0.39 is 11.4 Å². The van der Waals surface area contributed by atoms with E-state index in [1.54, 1.807) is 26.0 Å². The van der Waals surface area contributed by atoms with Crippen LogP contribution in [0.3, 0.4) is 0 Å². The number of rotatable bonds is 5. The summed E-state index contributed by atoms with van der Waals surface area (Å²) in [4.78, 5) is 14.1. The first-order chi connectivity index (χ1) is 10.4. The van der Waals surface area contributed by atoms with Gasteiger partial charge in [0.2, 0.25) is 0 Å². The zero-order chi connectivity index (χ0) is 16.2. The topological polar surface area (TPSA) is 61.8 Å². The Bertz CT molecular complexity index is 528. The molecule has 0 aliphatic carbocycles. The number of aliphatic hydroxyl groups is 1.